The number of aromatic nitrogens is 1. The molecule has 1 amide bonds. The van der Waals surface area contributed by atoms with Crippen LogP contribution in [0.2, 0.25) is 0 Å². The molecule has 2 aromatic carbocycles. The molecule has 0 spiro atoms. The van der Waals surface area contributed by atoms with E-state index in [-0.39, 0.29) is 29.7 Å². The Balaban J connectivity index is 1.67. The number of aromatic hydroxyl groups is 2. The van der Waals surface area contributed by atoms with Crippen LogP contribution in [0.4, 0.5) is 17.1 Å². The first kappa shape index (κ1) is 23.4. The minimum atomic E-state index is -0.366. The molecule has 9 nitrogen and oxygen atoms in total. The average molecular weight is 450 g/mol. The number of nitrogens with two attached hydrogens (primary N) is 1. The van der Waals surface area contributed by atoms with Gasteiger partial charge in [0, 0.05) is 37.6 Å². The van der Waals surface area contributed by atoms with E-state index in [1.165, 1.54) is 12.1 Å². The van der Waals surface area contributed by atoms with Gasteiger partial charge in [0.15, 0.2) is 11.5 Å². The van der Waals surface area contributed by atoms with Crippen molar-refractivity contribution in [3.8, 4) is 11.5 Å². The van der Waals surface area contributed by atoms with Gasteiger partial charge in [-0.25, -0.2) is 0 Å². The van der Waals surface area contributed by atoms with E-state index >= 15 is 0 Å². The number of anilines is 3. The third kappa shape index (κ3) is 6.37. The number of rotatable bonds is 10. The van der Waals surface area contributed by atoms with E-state index in [0.717, 1.165) is 5.56 Å². The van der Waals surface area contributed by atoms with Gasteiger partial charge in [0.1, 0.15) is 5.69 Å². The van der Waals surface area contributed by atoms with E-state index in [1.807, 2.05) is 4.90 Å². The Kier molecular flexibility index (Phi) is 7.72. The van der Waals surface area contributed by atoms with Crippen molar-refractivity contribution in [1.29, 1.82) is 0 Å². The first-order valence-corrected chi connectivity index (χ1v) is 10.3. The normalized spacial score (nSPS) is 10.5. The number of hydrogen-bond donors (Lipinski definition) is 6. The number of amides is 1. The Morgan fingerprint density at radius 3 is 2.52 bits per heavy atom. The average Bonchev–Trinajstić information content (AvgIpc) is 2.81. The summed E-state index contributed by atoms with van der Waals surface area (Å²) in [4.78, 5) is 18.6. The molecule has 0 aliphatic heterocycles. The lowest BCUT2D eigenvalue weighted by Crippen LogP contribution is -2.28. The van der Waals surface area contributed by atoms with Crippen molar-refractivity contribution in [3.05, 3.63) is 84.5 Å². The number of carbonyl (C=O) groups excluding carboxylic acids is 1. The molecular weight excluding hydrogens is 422 g/mol. The van der Waals surface area contributed by atoms with Crippen LogP contribution in [0.15, 0.2) is 73.2 Å². The Bertz CT molecular complexity index is 1120. The van der Waals surface area contributed by atoms with E-state index in [4.69, 9.17) is 5.73 Å². The van der Waals surface area contributed by atoms with Gasteiger partial charge in [-0.3, -0.25) is 9.78 Å². The number of nitrogens with one attached hydrogen (secondary N) is 2. The summed E-state index contributed by atoms with van der Waals surface area (Å²) < 4.78 is 0. The fourth-order valence-electron chi connectivity index (χ4n) is 3.09. The minimum absolute atomic E-state index is 0.0176. The number of para-hydroxylation sites is 2. The molecule has 1 aromatic heterocycles. The standard InChI is InChI=1S/C24H27N5O4/c1-16(27-18-8-10-22(31)23(32)13-18)29(11-4-12-30)15-17-7-9-21(26-14-17)24(33)28-20-6-3-2-5-19(20)25/h2-3,5-10,13-14,27,30-32H,1,4,11-12,15,25H2,(H,28,33). The quantitative estimate of drug-likeness (QED) is 0.157. The van der Waals surface area contributed by atoms with Gasteiger partial charge in [-0.05, 0) is 42.3 Å². The molecule has 0 saturated carbocycles. The first-order chi connectivity index (χ1) is 15.9. The van der Waals surface area contributed by atoms with Crippen molar-refractivity contribution < 1.29 is 20.1 Å². The van der Waals surface area contributed by atoms with Crippen molar-refractivity contribution in [2.24, 2.45) is 0 Å². The molecule has 3 rings (SSSR count). The Morgan fingerprint density at radius 2 is 1.85 bits per heavy atom. The highest BCUT2D eigenvalue weighted by atomic mass is 16.3. The van der Waals surface area contributed by atoms with E-state index in [2.05, 4.69) is 22.2 Å². The molecule has 7 N–H and O–H groups in total. The van der Waals surface area contributed by atoms with Crippen LogP contribution in [0.3, 0.4) is 0 Å². The largest absolute Gasteiger partial charge is 0.504 e. The molecule has 1 heterocycles. The van der Waals surface area contributed by atoms with Gasteiger partial charge >= 0.3 is 0 Å². The number of carbonyl (C=O) groups is 1. The Labute approximate surface area is 191 Å². The van der Waals surface area contributed by atoms with Crippen LogP contribution in [0, 0.1) is 0 Å². The van der Waals surface area contributed by atoms with E-state index < -0.39 is 0 Å². The number of aliphatic hydroxyl groups is 1. The smallest absolute Gasteiger partial charge is 0.274 e. The highest BCUT2D eigenvalue weighted by Crippen LogP contribution is 2.28. The van der Waals surface area contributed by atoms with E-state index in [1.54, 1.807) is 48.7 Å². The number of aliphatic hydroxyl groups excluding tert-OH is 1. The Hall–Kier alpha value is -4.24. The van der Waals surface area contributed by atoms with Crippen molar-refractivity contribution in [2.75, 3.05) is 29.5 Å². The fourth-order valence-corrected chi connectivity index (χ4v) is 3.09. The number of pyridine rings is 1. The van der Waals surface area contributed by atoms with Crippen molar-refractivity contribution in [1.82, 2.24) is 9.88 Å². The van der Waals surface area contributed by atoms with Crippen LogP contribution < -0.4 is 16.4 Å². The lowest BCUT2D eigenvalue weighted by molar-refractivity contribution is 0.102. The van der Waals surface area contributed by atoms with Crippen LogP contribution in [-0.4, -0.2) is 44.3 Å². The molecule has 9 heteroatoms. The molecular formula is C24H27N5O4. The summed E-state index contributed by atoms with van der Waals surface area (Å²) >= 11 is 0. The van der Waals surface area contributed by atoms with Crippen molar-refractivity contribution >= 4 is 23.0 Å². The lowest BCUT2D eigenvalue weighted by Gasteiger charge is -2.27. The summed E-state index contributed by atoms with van der Waals surface area (Å²) in [6.45, 7) is 5.01. The van der Waals surface area contributed by atoms with Gasteiger partial charge in [0.25, 0.3) is 5.91 Å². The van der Waals surface area contributed by atoms with Crippen LogP contribution in [0.5, 0.6) is 11.5 Å². The van der Waals surface area contributed by atoms with Gasteiger partial charge < -0.3 is 36.6 Å². The monoisotopic (exact) mass is 449 g/mol. The van der Waals surface area contributed by atoms with E-state index in [0.29, 0.717) is 42.4 Å². The number of phenolic OH excluding ortho intramolecular Hbond substituents is 2. The third-order valence-corrected chi connectivity index (χ3v) is 4.87. The number of hydrogen-bond acceptors (Lipinski definition) is 8. The predicted octanol–water partition coefficient (Wildman–Crippen LogP) is 3.10. The maximum Gasteiger partial charge on any atom is 0.274 e. The lowest BCUT2D eigenvalue weighted by atomic mass is 10.2. The van der Waals surface area contributed by atoms with Crippen LogP contribution in [0.25, 0.3) is 0 Å². The molecule has 0 bridgehead atoms. The second kappa shape index (κ2) is 10.9. The zero-order valence-corrected chi connectivity index (χ0v) is 18.0. The van der Waals surface area contributed by atoms with E-state index in [9.17, 15) is 20.1 Å². The summed E-state index contributed by atoms with van der Waals surface area (Å²) in [6, 6.07) is 14.8. The van der Waals surface area contributed by atoms with Gasteiger partial charge in [-0.1, -0.05) is 24.8 Å². The van der Waals surface area contributed by atoms with Crippen LogP contribution in [-0.2, 0) is 6.54 Å². The third-order valence-electron chi connectivity index (χ3n) is 4.87. The summed E-state index contributed by atoms with van der Waals surface area (Å²) in [5, 5.41) is 34.2. The second-order valence-electron chi connectivity index (χ2n) is 7.37. The summed E-state index contributed by atoms with van der Waals surface area (Å²) in [5.41, 5.74) is 8.49. The summed E-state index contributed by atoms with van der Waals surface area (Å²) in [7, 11) is 0. The maximum absolute atomic E-state index is 12.5. The van der Waals surface area contributed by atoms with Crippen LogP contribution >= 0.6 is 0 Å². The molecule has 0 saturated heterocycles. The number of phenols is 2. The van der Waals surface area contributed by atoms with Gasteiger partial charge in [-0.15, -0.1) is 0 Å². The number of benzene rings is 2. The highest BCUT2D eigenvalue weighted by molar-refractivity contribution is 6.04. The second-order valence-corrected chi connectivity index (χ2v) is 7.37. The molecule has 0 atom stereocenters. The van der Waals surface area contributed by atoms with Gasteiger partial charge in [0.2, 0.25) is 0 Å². The molecule has 172 valence electrons. The topological polar surface area (TPSA) is 144 Å². The first-order valence-electron chi connectivity index (χ1n) is 10.3. The number of nitrogen functional groups attached to an aromatic ring is 1. The Morgan fingerprint density at radius 1 is 1.06 bits per heavy atom. The zero-order valence-electron chi connectivity index (χ0n) is 18.0. The minimum Gasteiger partial charge on any atom is -0.504 e. The summed E-state index contributed by atoms with van der Waals surface area (Å²) in [6.07, 6.45) is 2.13. The maximum atomic E-state index is 12.5. The SMILES string of the molecule is C=C(Nc1ccc(O)c(O)c1)N(CCCO)Cc1ccc(C(=O)Nc2ccccc2N)nc1. The highest BCUT2D eigenvalue weighted by Gasteiger charge is 2.13. The molecule has 3 aromatic rings. The molecule has 0 radical (unpaired) electrons. The molecule has 0 fully saturated rings. The molecule has 33 heavy (non-hydrogen) atoms. The fraction of sp³-hybridized carbons (Fsp3) is 0.167. The molecule has 0 aliphatic carbocycles. The van der Waals surface area contributed by atoms with Crippen molar-refractivity contribution in [2.45, 2.75) is 13.0 Å². The zero-order chi connectivity index (χ0) is 23.8. The summed E-state index contributed by atoms with van der Waals surface area (Å²) in [5.74, 6) is -0.289. The predicted molar refractivity (Wildman–Crippen MR) is 128 cm³/mol. The van der Waals surface area contributed by atoms with Crippen molar-refractivity contribution in [3.63, 3.8) is 0 Å². The number of nitrogens with zero attached hydrogens (tertiary/aromatic N) is 2. The van der Waals surface area contributed by atoms with Gasteiger partial charge in [0.05, 0.1) is 17.2 Å². The van der Waals surface area contributed by atoms with Crippen LogP contribution in [0.1, 0.15) is 22.5 Å². The van der Waals surface area contributed by atoms with Gasteiger partial charge in [-0.2, -0.15) is 0 Å². The molecule has 0 unspecified atom stereocenters. The molecule has 0 aliphatic rings.